The summed E-state index contributed by atoms with van der Waals surface area (Å²) in [6.07, 6.45) is 3.23. The van der Waals surface area contributed by atoms with Crippen molar-refractivity contribution in [1.29, 1.82) is 0 Å². The van der Waals surface area contributed by atoms with Gasteiger partial charge in [0, 0.05) is 38.3 Å². The van der Waals surface area contributed by atoms with Gasteiger partial charge < -0.3 is 25.0 Å². The molecule has 3 rings (SSSR count). The third-order valence-corrected chi connectivity index (χ3v) is 5.05. The van der Waals surface area contributed by atoms with Crippen molar-refractivity contribution >= 4 is 29.9 Å². The summed E-state index contributed by atoms with van der Waals surface area (Å²) < 4.78 is 10.8. The van der Waals surface area contributed by atoms with Gasteiger partial charge in [0.2, 0.25) is 6.79 Å². The van der Waals surface area contributed by atoms with Gasteiger partial charge in [-0.2, -0.15) is 0 Å². The van der Waals surface area contributed by atoms with Gasteiger partial charge in [0.25, 0.3) is 0 Å². The normalized spacial score (nSPS) is 17.7. The topological polar surface area (TPSA) is 58.1 Å². The minimum Gasteiger partial charge on any atom is -0.454 e. The molecule has 0 amide bonds. The van der Waals surface area contributed by atoms with E-state index in [0.717, 1.165) is 50.1 Å². The summed E-state index contributed by atoms with van der Waals surface area (Å²) in [6, 6.07) is 7.27. The molecule has 1 fully saturated rings. The molecule has 0 unspecified atom stereocenters. The number of hydrogen-bond donors (Lipinski definition) is 2. The van der Waals surface area contributed by atoms with Gasteiger partial charge in [-0.25, -0.2) is 0 Å². The zero-order valence-electron chi connectivity index (χ0n) is 16.7. The number of nitrogens with one attached hydrogen (secondary N) is 2. The highest BCUT2D eigenvalue weighted by Crippen LogP contribution is 2.32. The second-order valence-electron chi connectivity index (χ2n) is 7.25. The molecule has 1 aromatic rings. The number of nitrogens with zero attached hydrogens (tertiary/aromatic N) is 2. The van der Waals surface area contributed by atoms with Crippen LogP contribution >= 0.6 is 24.0 Å². The fourth-order valence-electron chi connectivity index (χ4n) is 3.47. The van der Waals surface area contributed by atoms with Crippen LogP contribution in [-0.4, -0.2) is 55.9 Å². The number of fused-ring (bicyclic) bond motifs is 1. The first-order valence-corrected chi connectivity index (χ1v) is 9.83. The third kappa shape index (κ3) is 6.41. The van der Waals surface area contributed by atoms with E-state index in [-0.39, 0.29) is 24.0 Å². The first-order valence-electron chi connectivity index (χ1n) is 9.83. The molecule has 2 N–H and O–H groups in total. The standard InChI is InChI=1S/C20H32N4O2.HI/c1-4-21-20(23-17-8-11-24(12-9-17)15(2)3)22-10-7-16-5-6-18-19(13-16)26-14-25-18;/h5-6,13,15,17H,4,7-12,14H2,1-3H3,(H2,21,22,23);1H. The summed E-state index contributed by atoms with van der Waals surface area (Å²) in [5, 5.41) is 6.98. The van der Waals surface area contributed by atoms with Crippen molar-refractivity contribution in [3.63, 3.8) is 0 Å². The first kappa shape index (κ1) is 22.1. The van der Waals surface area contributed by atoms with Crippen molar-refractivity contribution < 1.29 is 9.47 Å². The average Bonchev–Trinajstić information content (AvgIpc) is 3.10. The number of hydrogen-bond acceptors (Lipinski definition) is 4. The minimum absolute atomic E-state index is 0. The van der Waals surface area contributed by atoms with Crippen LogP contribution in [0.2, 0.25) is 0 Å². The molecule has 0 aromatic heterocycles. The van der Waals surface area contributed by atoms with Crippen LogP contribution in [0.4, 0.5) is 0 Å². The Hall–Kier alpha value is -1.22. The molecule has 0 aliphatic carbocycles. The molecule has 2 aliphatic rings. The summed E-state index contributed by atoms with van der Waals surface area (Å²) in [4.78, 5) is 7.30. The molecule has 7 heteroatoms. The average molecular weight is 488 g/mol. The van der Waals surface area contributed by atoms with E-state index in [1.807, 2.05) is 6.07 Å². The Balaban J connectivity index is 0.00000261. The Bertz CT molecular complexity index is 616. The molecular formula is C20H33IN4O2. The van der Waals surface area contributed by atoms with Crippen molar-refractivity contribution in [1.82, 2.24) is 15.5 Å². The minimum atomic E-state index is 0. The Morgan fingerprint density at radius 1 is 1.22 bits per heavy atom. The number of guanidine groups is 1. The van der Waals surface area contributed by atoms with Crippen molar-refractivity contribution in [2.45, 2.75) is 52.1 Å². The number of benzene rings is 1. The van der Waals surface area contributed by atoms with E-state index in [4.69, 9.17) is 14.5 Å². The number of aliphatic imine (C=N–C) groups is 1. The van der Waals surface area contributed by atoms with Crippen LogP contribution in [-0.2, 0) is 6.42 Å². The SMILES string of the molecule is CCNC(=NCCc1ccc2c(c1)OCO2)NC1CCN(C(C)C)CC1.I. The lowest BCUT2D eigenvalue weighted by Gasteiger charge is -2.35. The lowest BCUT2D eigenvalue weighted by molar-refractivity contribution is 0.167. The summed E-state index contributed by atoms with van der Waals surface area (Å²) >= 11 is 0. The van der Waals surface area contributed by atoms with Gasteiger partial charge in [0.05, 0.1) is 0 Å². The molecule has 152 valence electrons. The fraction of sp³-hybridized carbons (Fsp3) is 0.650. The zero-order valence-corrected chi connectivity index (χ0v) is 19.0. The van der Waals surface area contributed by atoms with Gasteiger partial charge in [0.15, 0.2) is 17.5 Å². The molecule has 6 nitrogen and oxygen atoms in total. The number of ether oxygens (including phenoxy) is 2. The van der Waals surface area contributed by atoms with E-state index in [0.29, 0.717) is 18.9 Å². The molecule has 27 heavy (non-hydrogen) atoms. The summed E-state index contributed by atoms with van der Waals surface area (Å²) in [6.45, 7) is 10.9. The van der Waals surface area contributed by atoms with E-state index in [1.54, 1.807) is 0 Å². The predicted octanol–water partition coefficient (Wildman–Crippen LogP) is 3.00. The fourth-order valence-corrected chi connectivity index (χ4v) is 3.47. The lowest BCUT2D eigenvalue weighted by atomic mass is 10.0. The highest BCUT2D eigenvalue weighted by molar-refractivity contribution is 14.0. The van der Waals surface area contributed by atoms with E-state index >= 15 is 0 Å². The largest absolute Gasteiger partial charge is 0.454 e. The molecule has 2 aliphatic heterocycles. The van der Waals surface area contributed by atoms with Crippen molar-refractivity contribution in [2.75, 3.05) is 33.0 Å². The maximum absolute atomic E-state index is 5.44. The monoisotopic (exact) mass is 488 g/mol. The highest BCUT2D eigenvalue weighted by atomic mass is 127. The van der Waals surface area contributed by atoms with Crippen molar-refractivity contribution in [3.8, 4) is 11.5 Å². The highest BCUT2D eigenvalue weighted by Gasteiger charge is 2.21. The van der Waals surface area contributed by atoms with Crippen LogP contribution in [0, 0.1) is 0 Å². The number of piperidine rings is 1. The van der Waals surface area contributed by atoms with Crippen LogP contribution in [0.25, 0.3) is 0 Å². The number of likely N-dealkylation sites (tertiary alicyclic amines) is 1. The molecular weight excluding hydrogens is 455 g/mol. The second kappa shape index (κ2) is 10.9. The van der Waals surface area contributed by atoms with Gasteiger partial charge in [-0.1, -0.05) is 6.07 Å². The van der Waals surface area contributed by atoms with Crippen LogP contribution in [0.3, 0.4) is 0 Å². The van der Waals surface area contributed by atoms with Crippen LogP contribution in [0.1, 0.15) is 39.2 Å². The number of rotatable bonds is 6. The lowest BCUT2D eigenvalue weighted by Crippen LogP contribution is -2.49. The third-order valence-electron chi connectivity index (χ3n) is 5.05. The molecule has 0 bridgehead atoms. The Labute approximate surface area is 180 Å². The van der Waals surface area contributed by atoms with Crippen LogP contribution in [0.5, 0.6) is 11.5 Å². The van der Waals surface area contributed by atoms with Crippen molar-refractivity contribution in [3.05, 3.63) is 23.8 Å². The van der Waals surface area contributed by atoms with Gasteiger partial charge in [-0.3, -0.25) is 4.99 Å². The van der Waals surface area contributed by atoms with E-state index in [2.05, 4.69) is 48.4 Å². The van der Waals surface area contributed by atoms with Gasteiger partial charge in [-0.05, 0) is 57.7 Å². The van der Waals surface area contributed by atoms with Crippen LogP contribution in [0.15, 0.2) is 23.2 Å². The molecule has 0 saturated carbocycles. The first-order chi connectivity index (χ1) is 12.7. The molecule has 0 atom stereocenters. The zero-order chi connectivity index (χ0) is 18.4. The Morgan fingerprint density at radius 3 is 2.67 bits per heavy atom. The molecule has 2 heterocycles. The maximum Gasteiger partial charge on any atom is 0.231 e. The van der Waals surface area contributed by atoms with E-state index in [1.165, 1.54) is 18.4 Å². The van der Waals surface area contributed by atoms with Gasteiger partial charge >= 0.3 is 0 Å². The smallest absolute Gasteiger partial charge is 0.231 e. The van der Waals surface area contributed by atoms with E-state index < -0.39 is 0 Å². The summed E-state index contributed by atoms with van der Waals surface area (Å²) in [5.41, 5.74) is 1.22. The Kier molecular flexibility index (Phi) is 8.95. The molecule has 0 radical (unpaired) electrons. The maximum atomic E-state index is 5.44. The quantitative estimate of drug-likeness (QED) is 0.367. The summed E-state index contributed by atoms with van der Waals surface area (Å²) in [7, 11) is 0. The molecule has 1 aromatic carbocycles. The van der Waals surface area contributed by atoms with Gasteiger partial charge in [-0.15, -0.1) is 24.0 Å². The van der Waals surface area contributed by atoms with Crippen molar-refractivity contribution in [2.24, 2.45) is 4.99 Å². The summed E-state index contributed by atoms with van der Waals surface area (Å²) in [5.74, 6) is 2.60. The van der Waals surface area contributed by atoms with Crippen LogP contribution < -0.4 is 20.1 Å². The predicted molar refractivity (Wildman–Crippen MR) is 121 cm³/mol. The second-order valence-corrected chi connectivity index (χ2v) is 7.25. The van der Waals surface area contributed by atoms with E-state index in [9.17, 15) is 0 Å². The molecule has 1 saturated heterocycles. The molecule has 0 spiro atoms. The number of halogens is 1. The van der Waals surface area contributed by atoms with Gasteiger partial charge in [0.1, 0.15) is 0 Å². The Morgan fingerprint density at radius 2 is 1.96 bits per heavy atom.